The van der Waals surface area contributed by atoms with E-state index in [4.69, 9.17) is 15.9 Å². The van der Waals surface area contributed by atoms with Crippen LogP contribution < -0.4 is 5.73 Å². The van der Waals surface area contributed by atoms with Gasteiger partial charge in [-0.05, 0) is 28.1 Å². The van der Waals surface area contributed by atoms with Crippen molar-refractivity contribution < 1.29 is 24.6 Å². The van der Waals surface area contributed by atoms with E-state index >= 15 is 0 Å². The number of nitrogens with zero attached hydrogens (tertiary/aromatic N) is 1. The van der Waals surface area contributed by atoms with Gasteiger partial charge < -0.3 is 20.8 Å². The summed E-state index contributed by atoms with van der Waals surface area (Å²) in [5.74, 6) is -3.35. The van der Waals surface area contributed by atoms with Gasteiger partial charge in [0.25, 0.3) is 5.91 Å². The first-order valence-electron chi connectivity index (χ1n) is 5.09. The van der Waals surface area contributed by atoms with Gasteiger partial charge in [-0.3, -0.25) is 14.4 Å². The van der Waals surface area contributed by atoms with Crippen LogP contribution in [0, 0.1) is 0 Å². The third-order valence-electron chi connectivity index (χ3n) is 2.22. The van der Waals surface area contributed by atoms with E-state index in [2.05, 4.69) is 15.9 Å². The summed E-state index contributed by atoms with van der Waals surface area (Å²) in [7, 11) is 0. The molecule has 0 bridgehead atoms. The number of nitrogen functional groups attached to an aromatic ring is 1. The van der Waals surface area contributed by atoms with E-state index < -0.39 is 30.9 Å². The topological polar surface area (TPSA) is 121 Å². The zero-order chi connectivity index (χ0) is 14.6. The minimum Gasteiger partial charge on any atom is -0.480 e. The molecule has 0 aliphatic carbocycles. The first-order valence-corrected chi connectivity index (χ1v) is 5.89. The number of benzene rings is 1. The van der Waals surface area contributed by atoms with Crippen molar-refractivity contribution in [3.05, 3.63) is 28.2 Å². The molecular weight excluding hydrogens is 320 g/mol. The number of hydrogen-bond donors (Lipinski definition) is 3. The Hall–Kier alpha value is -2.09. The third kappa shape index (κ3) is 3.95. The summed E-state index contributed by atoms with van der Waals surface area (Å²) in [4.78, 5) is 34.1. The lowest BCUT2D eigenvalue weighted by molar-refractivity contribution is -0.140. The summed E-state index contributed by atoms with van der Waals surface area (Å²) < 4.78 is 0.476. The van der Waals surface area contributed by atoms with Crippen molar-refractivity contribution in [1.29, 1.82) is 0 Å². The fourth-order valence-corrected chi connectivity index (χ4v) is 1.79. The molecule has 8 heteroatoms. The predicted molar refractivity (Wildman–Crippen MR) is 69.7 cm³/mol. The zero-order valence-electron chi connectivity index (χ0n) is 9.67. The monoisotopic (exact) mass is 330 g/mol. The predicted octanol–water partition coefficient (Wildman–Crippen LogP) is 0.643. The molecule has 1 aromatic carbocycles. The van der Waals surface area contributed by atoms with Gasteiger partial charge in [0.15, 0.2) is 0 Å². The number of carbonyl (C=O) groups is 3. The van der Waals surface area contributed by atoms with Crippen molar-refractivity contribution in [2.45, 2.75) is 0 Å². The number of carboxylic acids is 2. The summed E-state index contributed by atoms with van der Waals surface area (Å²) in [6, 6.07) is 4.57. The molecule has 7 nitrogen and oxygen atoms in total. The lowest BCUT2D eigenvalue weighted by atomic mass is 10.1. The van der Waals surface area contributed by atoms with Gasteiger partial charge in [0.1, 0.15) is 13.1 Å². The van der Waals surface area contributed by atoms with E-state index in [0.717, 1.165) is 0 Å². The highest BCUT2D eigenvalue weighted by Gasteiger charge is 2.23. The average molecular weight is 331 g/mol. The quantitative estimate of drug-likeness (QED) is 0.681. The van der Waals surface area contributed by atoms with Crippen molar-refractivity contribution >= 4 is 39.5 Å². The molecule has 19 heavy (non-hydrogen) atoms. The van der Waals surface area contributed by atoms with Gasteiger partial charge in [-0.25, -0.2) is 0 Å². The fourth-order valence-electron chi connectivity index (χ4n) is 1.42. The number of para-hydroxylation sites is 1. The molecule has 1 amide bonds. The van der Waals surface area contributed by atoms with E-state index in [1.807, 2.05) is 0 Å². The van der Waals surface area contributed by atoms with Gasteiger partial charge in [0.2, 0.25) is 0 Å². The summed E-state index contributed by atoms with van der Waals surface area (Å²) in [5, 5.41) is 17.4. The highest BCUT2D eigenvalue weighted by molar-refractivity contribution is 9.10. The molecule has 102 valence electrons. The lowest BCUT2D eigenvalue weighted by Gasteiger charge is -2.19. The normalized spacial score (nSPS) is 9.95. The number of aliphatic carboxylic acids is 2. The van der Waals surface area contributed by atoms with Crippen LogP contribution in [0.1, 0.15) is 10.4 Å². The van der Waals surface area contributed by atoms with Gasteiger partial charge in [0, 0.05) is 4.47 Å². The summed E-state index contributed by atoms with van der Waals surface area (Å²) in [6.45, 7) is -1.42. The Morgan fingerprint density at radius 2 is 1.68 bits per heavy atom. The average Bonchev–Trinajstić information content (AvgIpc) is 2.30. The summed E-state index contributed by atoms with van der Waals surface area (Å²) in [6.07, 6.45) is 0. The number of carboxylic acid groups (broad SMARTS) is 2. The largest absolute Gasteiger partial charge is 0.480 e. The van der Waals surface area contributed by atoms with Crippen LogP contribution in [0.15, 0.2) is 22.7 Å². The second-order valence-electron chi connectivity index (χ2n) is 3.65. The van der Waals surface area contributed by atoms with Gasteiger partial charge in [0.05, 0.1) is 11.3 Å². The Labute approximate surface area is 116 Å². The van der Waals surface area contributed by atoms with Crippen molar-refractivity contribution in [3.63, 3.8) is 0 Å². The van der Waals surface area contributed by atoms with Crippen LogP contribution >= 0.6 is 15.9 Å². The van der Waals surface area contributed by atoms with Crippen molar-refractivity contribution in [2.24, 2.45) is 0 Å². The van der Waals surface area contributed by atoms with Crippen LogP contribution in [0.2, 0.25) is 0 Å². The van der Waals surface area contributed by atoms with E-state index in [0.29, 0.717) is 9.37 Å². The van der Waals surface area contributed by atoms with Gasteiger partial charge in [-0.2, -0.15) is 0 Å². The minimum absolute atomic E-state index is 0.0527. The molecule has 0 spiro atoms. The maximum Gasteiger partial charge on any atom is 0.323 e. The highest BCUT2D eigenvalue weighted by Crippen LogP contribution is 2.24. The smallest absolute Gasteiger partial charge is 0.323 e. The Bertz CT molecular complexity index is 516. The molecule has 0 saturated carbocycles. The van der Waals surface area contributed by atoms with Crippen LogP contribution in [0.4, 0.5) is 5.69 Å². The second-order valence-corrected chi connectivity index (χ2v) is 4.50. The van der Waals surface area contributed by atoms with Gasteiger partial charge in [-0.15, -0.1) is 0 Å². The van der Waals surface area contributed by atoms with Crippen LogP contribution in [0.5, 0.6) is 0 Å². The van der Waals surface area contributed by atoms with Gasteiger partial charge in [-0.1, -0.05) is 6.07 Å². The van der Waals surface area contributed by atoms with E-state index in [9.17, 15) is 14.4 Å². The number of carbonyl (C=O) groups excluding carboxylic acids is 1. The molecule has 0 radical (unpaired) electrons. The van der Waals surface area contributed by atoms with Crippen LogP contribution in [-0.4, -0.2) is 46.0 Å². The number of nitrogens with two attached hydrogens (primary N) is 1. The molecule has 0 saturated heterocycles. The number of halogens is 1. The second kappa shape index (κ2) is 6.19. The Balaban J connectivity index is 3.07. The number of anilines is 1. The van der Waals surface area contributed by atoms with Crippen LogP contribution in [0.25, 0.3) is 0 Å². The summed E-state index contributed by atoms with van der Waals surface area (Å²) in [5.41, 5.74) is 5.88. The van der Waals surface area contributed by atoms with Crippen molar-refractivity contribution in [3.8, 4) is 0 Å². The number of hydrogen-bond acceptors (Lipinski definition) is 4. The first kappa shape index (κ1) is 15.0. The van der Waals surface area contributed by atoms with Crippen molar-refractivity contribution in [2.75, 3.05) is 18.8 Å². The van der Waals surface area contributed by atoms with Gasteiger partial charge >= 0.3 is 11.9 Å². The molecule has 0 aliphatic heterocycles. The van der Waals surface area contributed by atoms with E-state index in [-0.39, 0.29) is 11.3 Å². The third-order valence-corrected chi connectivity index (χ3v) is 2.91. The standard InChI is InChI=1S/C11H11BrN2O5/c12-7-3-1-2-6(10(7)13)11(19)14(4-8(15)16)5-9(17)18/h1-3H,4-5,13H2,(H,15,16)(H,17,18). The Morgan fingerprint density at radius 1 is 1.16 bits per heavy atom. The number of amides is 1. The maximum absolute atomic E-state index is 12.1. The molecule has 4 N–H and O–H groups in total. The maximum atomic E-state index is 12.1. The lowest BCUT2D eigenvalue weighted by Crippen LogP contribution is -2.39. The Kier molecular flexibility index (Phi) is 4.87. The first-order chi connectivity index (χ1) is 8.82. The van der Waals surface area contributed by atoms with E-state index in [1.54, 1.807) is 12.1 Å². The fraction of sp³-hybridized carbons (Fsp3) is 0.182. The van der Waals surface area contributed by atoms with Crippen LogP contribution in [-0.2, 0) is 9.59 Å². The molecule has 0 atom stereocenters. The molecule has 0 heterocycles. The highest BCUT2D eigenvalue weighted by atomic mass is 79.9. The van der Waals surface area contributed by atoms with Crippen LogP contribution in [0.3, 0.4) is 0 Å². The molecule has 0 aliphatic rings. The zero-order valence-corrected chi connectivity index (χ0v) is 11.3. The molecule has 0 unspecified atom stereocenters. The number of rotatable bonds is 5. The molecule has 0 fully saturated rings. The van der Waals surface area contributed by atoms with E-state index in [1.165, 1.54) is 6.07 Å². The van der Waals surface area contributed by atoms with Crippen molar-refractivity contribution in [1.82, 2.24) is 4.90 Å². The summed E-state index contributed by atoms with van der Waals surface area (Å²) >= 11 is 3.14. The molecule has 0 aromatic heterocycles. The molecular formula is C11H11BrN2O5. The SMILES string of the molecule is Nc1c(Br)cccc1C(=O)N(CC(=O)O)CC(=O)O. The minimum atomic E-state index is -1.30. The molecule has 1 rings (SSSR count). The molecule has 1 aromatic rings. The Morgan fingerprint density at radius 3 is 2.16 bits per heavy atom.